The third-order valence-electron chi connectivity index (χ3n) is 3.91. The van der Waals surface area contributed by atoms with Crippen LogP contribution in [0.25, 0.3) is 5.69 Å². The molecular weight excluding hydrogens is 406 g/mol. The molecule has 0 radical (unpaired) electrons. The third kappa shape index (κ3) is 4.19. The number of aromatic amines is 1. The van der Waals surface area contributed by atoms with Crippen molar-refractivity contribution in [2.45, 2.75) is 18.8 Å². The molecule has 0 saturated carbocycles. The van der Waals surface area contributed by atoms with E-state index in [1.807, 2.05) is 0 Å². The molecule has 0 atom stereocenters. The standard InChI is InChI=1S/C17H12F6N4S/c18-16(19,20)10-6-11(17(21,22)23)8-13(7-10)27-14(25-26-15(27)28)5-9-1-3-12(24)4-2-9/h1-4,6-8H,5,24H2,(H,26,28). The van der Waals surface area contributed by atoms with Gasteiger partial charge in [-0.2, -0.15) is 31.4 Å². The van der Waals surface area contributed by atoms with Gasteiger partial charge in [-0.15, -0.1) is 0 Å². The number of benzene rings is 2. The number of halogens is 6. The molecule has 1 aromatic heterocycles. The number of rotatable bonds is 3. The van der Waals surface area contributed by atoms with Crippen LogP contribution in [0.5, 0.6) is 0 Å². The Labute approximate surface area is 159 Å². The van der Waals surface area contributed by atoms with Crippen LogP contribution in [0, 0.1) is 4.77 Å². The van der Waals surface area contributed by atoms with Crippen molar-refractivity contribution in [2.24, 2.45) is 0 Å². The highest BCUT2D eigenvalue weighted by atomic mass is 32.1. The first-order valence-electron chi connectivity index (χ1n) is 7.76. The van der Waals surface area contributed by atoms with Crippen molar-refractivity contribution in [3.05, 3.63) is 69.8 Å². The van der Waals surface area contributed by atoms with Crippen molar-refractivity contribution < 1.29 is 26.3 Å². The molecule has 3 rings (SSSR count). The number of hydrogen-bond acceptors (Lipinski definition) is 3. The smallest absolute Gasteiger partial charge is 0.399 e. The number of aromatic nitrogens is 3. The maximum atomic E-state index is 13.1. The van der Waals surface area contributed by atoms with Crippen LogP contribution in [0.4, 0.5) is 32.0 Å². The first-order chi connectivity index (χ1) is 12.9. The second kappa shape index (κ2) is 6.97. The minimum absolute atomic E-state index is 0.0623. The van der Waals surface area contributed by atoms with Gasteiger partial charge in [-0.1, -0.05) is 12.1 Å². The van der Waals surface area contributed by atoms with E-state index < -0.39 is 23.5 Å². The number of alkyl halides is 6. The molecule has 0 spiro atoms. The summed E-state index contributed by atoms with van der Waals surface area (Å²) in [6.07, 6.45) is -9.80. The molecule has 0 aliphatic heterocycles. The number of anilines is 1. The molecule has 0 aliphatic carbocycles. The minimum atomic E-state index is -4.96. The van der Waals surface area contributed by atoms with Crippen LogP contribution < -0.4 is 5.73 Å². The van der Waals surface area contributed by atoms with Crippen molar-refractivity contribution in [1.82, 2.24) is 14.8 Å². The lowest BCUT2D eigenvalue weighted by atomic mass is 10.1. The first kappa shape index (κ1) is 19.9. The van der Waals surface area contributed by atoms with Gasteiger partial charge in [0.15, 0.2) is 4.77 Å². The molecule has 0 unspecified atom stereocenters. The van der Waals surface area contributed by atoms with E-state index in [4.69, 9.17) is 18.0 Å². The molecule has 3 N–H and O–H groups in total. The average Bonchev–Trinajstić information content (AvgIpc) is 2.95. The number of H-pyrrole nitrogens is 1. The Morgan fingerprint density at radius 3 is 1.96 bits per heavy atom. The Hall–Kier alpha value is -2.82. The highest BCUT2D eigenvalue weighted by Gasteiger charge is 2.37. The average molecular weight is 418 g/mol. The zero-order chi connectivity index (χ0) is 20.7. The summed E-state index contributed by atoms with van der Waals surface area (Å²) in [4.78, 5) is 0. The monoisotopic (exact) mass is 418 g/mol. The summed E-state index contributed by atoms with van der Waals surface area (Å²) in [6.45, 7) is 0. The van der Waals surface area contributed by atoms with Crippen LogP contribution >= 0.6 is 12.2 Å². The number of hydrogen-bond donors (Lipinski definition) is 2. The fraction of sp³-hybridized carbons (Fsp3) is 0.176. The van der Waals surface area contributed by atoms with Crippen molar-refractivity contribution in [3.8, 4) is 5.69 Å². The predicted octanol–water partition coefficient (Wildman–Crippen LogP) is 5.14. The molecule has 4 nitrogen and oxygen atoms in total. The summed E-state index contributed by atoms with van der Waals surface area (Å²) in [5.41, 5.74) is 3.57. The third-order valence-corrected chi connectivity index (χ3v) is 4.19. The summed E-state index contributed by atoms with van der Waals surface area (Å²) in [5.74, 6) is 0.155. The molecule has 1 heterocycles. The SMILES string of the molecule is Nc1ccc(Cc2n[nH]c(=S)n2-c2cc(C(F)(F)F)cc(C(F)(F)F)c2)cc1. The molecule has 2 aromatic carbocycles. The Morgan fingerprint density at radius 1 is 0.929 bits per heavy atom. The molecule has 0 bridgehead atoms. The van der Waals surface area contributed by atoms with Crippen LogP contribution in [-0.4, -0.2) is 14.8 Å². The lowest BCUT2D eigenvalue weighted by molar-refractivity contribution is -0.143. The van der Waals surface area contributed by atoms with Gasteiger partial charge in [-0.3, -0.25) is 9.67 Å². The summed E-state index contributed by atoms with van der Waals surface area (Å²) >= 11 is 5.03. The quantitative estimate of drug-likeness (QED) is 0.352. The topological polar surface area (TPSA) is 59.6 Å². The Bertz CT molecular complexity index is 1010. The summed E-state index contributed by atoms with van der Waals surface area (Å²) in [7, 11) is 0. The van der Waals surface area contributed by atoms with Crippen molar-refractivity contribution >= 4 is 17.9 Å². The van der Waals surface area contributed by atoms with Crippen LogP contribution in [0.3, 0.4) is 0 Å². The van der Waals surface area contributed by atoms with Crippen LogP contribution in [0.2, 0.25) is 0 Å². The van der Waals surface area contributed by atoms with Gasteiger partial charge in [0.1, 0.15) is 5.82 Å². The van der Waals surface area contributed by atoms with E-state index in [0.717, 1.165) is 4.57 Å². The van der Waals surface area contributed by atoms with E-state index >= 15 is 0 Å². The molecule has 0 fully saturated rings. The number of nitrogen functional groups attached to an aromatic ring is 1. The van der Waals surface area contributed by atoms with E-state index in [1.54, 1.807) is 24.3 Å². The summed E-state index contributed by atoms with van der Waals surface area (Å²) in [5, 5.41) is 6.36. The highest BCUT2D eigenvalue weighted by molar-refractivity contribution is 7.71. The van der Waals surface area contributed by atoms with Crippen LogP contribution in [0.1, 0.15) is 22.5 Å². The normalized spacial score (nSPS) is 12.4. The largest absolute Gasteiger partial charge is 0.416 e. The van der Waals surface area contributed by atoms with Crippen molar-refractivity contribution in [2.75, 3.05) is 5.73 Å². The maximum Gasteiger partial charge on any atom is 0.416 e. The van der Waals surface area contributed by atoms with Gasteiger partial charge in [0.25, 0.3) is 0 Å². The van der Waals surface area contributed by atoms with Gasteiger partial charge >= 0.3 is 12.4 Å². The maximum absolute atomic E-state index is 13.1. The molecule has 11 heteroatoms. The van der Waals surface area contributed by atoms with E-state index in [0.29, 0.717) is 23.4 Å². The van der Waals surface area contributed by atoms with Crippen molar-refractivity contribution in [1.29, 1.82) is 0 Å². The Morgan fingerprint density at radius 2 is 1.46 bits per heavy atom. The number of nitrogens with zero attached hydrogens (tertiary/aromatic N) is 2. The zero-order valence-electron chi connectivity index (χ0n) is 13.9. The Balaban J connectivity index is 2.14. The van der Waals surface area contributed by atoms with Gasteiger partial charge in [0.05, 0.1) is 16.8 Å². The second-order valence-electron chi connectivity index (χ2n) is 5.96. The van der Waals surface area contributed by atoms with E-state index in [-0.39, 0.29) is 28.8 Å². The van der Waals surface area contributed by atoms with E-state index in [2.05, 4.69) is 10.2 Å². The molecule has 148 valence electrons. The molecule has 3 aromatic rings. The van der Waals surface area contributed by atoms with Gasteiger partial charge in [-0.25, -0.2) is 0 Å². The van der Waals surface area contributed by atoms with Gasteiger partial charge in [0, 0.05) is 12.1 Å². The summed E-state index contributed by atoms with van der Waals surface area (Å²) < 4.78 is 79.7. The van der Waals surface area contributed by atoms with E-state index in [9.17, 15) is 26.3 Å². The van der Waals surface area contributed by atoms with Gasteiger partial charge < -0.3 is 5.73 Å². The molecular formula is C17H12F6N4S. The highest BCUT2D eigenvalue weighted by Crippen LogP contribution is 2.37. The molecule has 28 heavy (non-hydrogen) atoms. The zero-order valence-corrected chi connectivity index (χ0v) is 14.7. The Kier molecular flexibility index (Phi) is 4.96. The fourth-order valence-corrected chi connectivity index (χ4v) is 2.86. The van der Waals surface area contributed by atoms with Crippen LogP contribution in [0.15, 0.2) is 42.5 Å². The van der Waals surface area contributed by atoms with Crippen LogP contribution in [-0.2, 0) is 18.8 Å². The molecule has 0 amide bonds. The second-order valence-corrected chi connectivity index (χ2v) is 6.35. The predicted molar refractivity (Wildman–Crippen MR) is 92.4 cm³/mol. The van der Waals surface area contributed by atoms with E-state index in [1.165, 1.54) is 0 Å². The number of nitrogens with one attached hydrogen (secondary N) is 1. The molecule has 0 aliphatic rings. The lowest BCUT2D eigenvalue weighted by Crippen LogP contribution is -2.13. The minimum Gasteiger partial charge on any atom is -0.399 e. The molecule has 0 saturated heterocycles. The first-order valence-corrected chi connectivity index (χ1v) is 8.16. The van der Waals surface area contributed by atoms with Crippen molar-refractivity contribution in [3.63, 3.8) is 0 Å². The van der Waals surface area contributed by atoms with Gasteiger partial charge in [-0.05, 0) is 48.1 Å². The lowest BCUT2D eigenvalue weighted by Gasteiger charge is -2.15. The number of nitrogens with two attached hydrogens (primary N) is 1. The fourth-order valence-electron chi connectivity index (χ4n) is 2.60. The van der Waals surface area contributed by atoms with Gasteiger partial charge in [0.2, 0.25) is 0 Å². The summed E-state index contributed by atoms with van der Waals surface area (Å²) in [6, 6.07) is 7.85.